The molecule has 0 saturated heterocycles. The first-order chi connectivity index (χ1) is 19.0. The second kappa shape index (κ2) is 12.7. The molecule has 0 heterocycles. The van der Waals surface area contributed by atoms with Crippen molar-refractivity contribution in [3.63, 3.8) is 0 Å². The van der Waals surface area contributed by atoms with Crippen LogP contribution in [-0.4, -0.2) is 61.8 Å². The lowest BCUT2D eigenvalue weighted by Crippen LogP contribution is -2.28. The largest absolute Gasteiger partial charge is 0.504 e. The molecule has 3 aromatic carbocycles. The summed E-state index contributed by atoms with van der Waals surface area (Å²) in [6, 6.07) is 11.7. The number of aromatic hydroxyl groups is 4. The molecule has 6 N–H and O–H groups in total. The molecule has 0 fully saturated rings. The number of carboxylic acid groups (broad SMARTS) is 2. The van der Waals surface area contributed by atoms with Gasteiger partial charge in [0.2, 0.25) is 11.9 Å². The van der Waals surface area contributed by atoms with E-state index in [0.717, 1.165) is 18.2 Å². The van der Waals surface area contributed by atoms with E-state index in [0.29, 0.717) is 5.56 Å². The third-order valence-electron chi connectivity index (χ3n) is 5.32. The van der Waals surface area contributed by atoms with Crippen LogP contribution in [0.1, 0.15) is 16.7 Å². The Hall–Kier alpha value is -5.65. The fourth-order valence-electron chi connectivity index (χ4n) is 3.36. The Bertz CT molecular complexity index is 1490. The first-order valence-corrected chi connectivity index (χ1v) is 11.4. The number of hydrogen-bond acceptors (Lipinski definition) is 10. The van der Waals surface area contributed by atoms with Crippen LogP contribution in [0.4, 0.5) is 0 Å². The number of hydrogen-bond donors (Lipinski definition) is 6. The molecule has 1 atom stereocenters. The molecule has 12 nitrogen and oxygen atoms in total. The maximum Gasteiger partial charge on any atom is 0.371 e. The molecule has 0 aliphatic heterocycles. The first-order valence-electron chi connectivity index (χ1n) is 11.4. The lowest BCUT2D eigenvalue weighted by atomic mass is 10.1. The van der Waals surface area contributed by atoms with Crippen molar-refractivity contribution in [3.05, 3.63) is 83.1 Å². The minimum Gasteiger partial charge on any atom is -0.504 e. The predicted molar refractivity (Wildman–Crippen MR) is 139 cm³/mol. The molecule has 0 aromatic heterocycles. The van der Waals surface area contributed by atoms with Crippen LogP contribution in [0.15, 0.2) is 66.4 Å². The van der Waals surface area contributed by atoms with E-state index >= 15 is 0 Å². The Balaban J connectivity index is 1.69. The Morgan fingerprint density at radius 1 is 0.800 bits per heavy atom. The summed E-state index contributed by atoms with van der Waals surface area (Å²) in [5, 5.41) is 58.0. The van der Waals surface area contributed by atoms with E-state index in [-0.39, 0.29) is 40.5 Å². The summed E-state index contributed by atoms with van der Waals surface area (Å²) in [6.07, 6.45) is 1.43. The number of carbonyl (C=O) groups excluding carboxylic acids is 1. The van der Waals surface area contributed by atoms with Crippen molar-refractivity contribution < 1.29 is 59.2 Å². The fourth-order valence-corrected chi connectivity index (χ4v) is 3.36. The number of esters is 1. The first kappa shape index (κ1) is 28.9. The Kier molecular flexibility index (Phi) is 9.21. The molecule has 3 aromatic rings. The Labute approximate surface area is 226 Å². The second-order valence-electron chi connectivity index (χ2n) is 8.20. The summed E-state index contributed by atoms with van der Waals surface area (Å²) in [4.78, 5) is 35.4. The predicted octanol–water partition coefficient (Wildman–Crippen LogP) is 3.27. The summed E-state index contributed by atoms with van der Waals surface area (Å²) in [5.74, 6) is -5.98. The number of aliphatic carboxylic acids is 2. The summed E-state index contributed by atoms with van der Waals surface area (Å²) in [5.41, 5.74) is 0.867. The molecule has 0 bridgehead atoms. The summed E-state index contributed by atoms with van der Waals surface area (Å²) >= 11 is 0. The van der Waals surface area contributed by atoms with Crippen LogP contribution in [0.2, 0.25) is 0 Å². The van der Waals surface area contributed by atoms with Crippen LogP contribution < -0.4 is 9.47 Å². The number of methoxy groups -OCH3 is 1. The van der Waals surface area contributed by atoms with E-state index in [1.807, 2.05) is 0 Å². The highest BCUT2D eigenvalue weighted by atomic mass is 16.6. The molecule has 0 saturated carbocycles. The van der Waals surface area contributed by atoms with E-state index in [1.54, 1.807) is 0 Å². The van der Waals surface area contributed by atoms with E-state index in [1.165, 1.54) is 61.7 Å². The highest BCUT2D eigenvalue weighted by Crippen LogP contribution is 2.31. The third kappa shape index (κ3) is 7.68. The monoisotopic (exact) mass is 552 g/mol. The van der Waals surface area contributed by atoms with E-state index in [4.69, 9.17) is 14.2 Å². The van der Waals surface area contributed by atoms with Gasteiger partial charge in [-0.15, -0.1) is 0 Å². The lowest BCUT2D eigenvalue weighted by Gasteiger charge is -2.13. The average molecular weight is 552 g/mol. The second-order valence-corrected chi connectivity index (χ2v) is 8.20. The Morgan fingerprint density at radius 3 is 2.05 bits per heavy atom. The van der Waals surface area contributed by atoms with Crippen molar-refractivity contribution in [2.45, 2.75) is 12.5 Å². The topological polar surface area (TPSA) is 200 Å². The highest BCUT2D eigenvalue weighted by Gasteiger charge is 2.22. The van der Waals surface area contributed by atoms with Gasteiger partial charge < -0.3 is 44.8 Å². The smallest absolute Gasteiger partial charge is 0.371 e. The van der Waals surface area contributed by atoms with Gasteiger partial charge in [0, 0.05) is 12.5 Å². The van der Waals surface area contributed by atoms with Crippen LogP contribution in [0.3, 0.4) is 0 Å². The number of ether oxygens (including phenoxy) is 3. The summed E-state index contributed by atoms with van der Waals surface area (Å²) in [7, 11) is 1.36. The third-order valence-corrected chi connectivity index (χ3v) is 5.32. The van der Waals surface area contributed by atoms with Crippen molar-refractivity contribution in [1.82, 2.24) is 0 Å². The molecule has 0 aliphatic carbocycles. The molecule has 3 rings (SSSR count). The SMILES string of the molecule is COc1ccc(/C=C(\Oc2ccc(/C=C/C(=O)O[C@H](Cc3ccc(O)c(O)c3)C(=O)O)cc2O)C(=O)O)cc1O. The molecule has 0 spiro atoms. The van der Waals surface area contributed by atoms with Crippen molar-refractivity contribution in [2.75, 3.05) is 7.11 Å². The minimum atomic E-state index is -1.58. The summed E-state index contributed by atoms with van der Waals surface area (Å²) < 4.78 is 15.2. The van der Waals surface area contributed by atoms with Crippen molar-refractivity contribution in [3.8, 4) is 34.5 Å². The van der Waals surface area contributed by atoms with Gasteiger partial charge in [-0.2, -0.15) is 0 Å². The number of carboxylic acids is 2. The number of rotatable bonds is 11. The lowest BCUT2D eigenvalue weighted by molar-refractivity contribution is -0.160. The zero-order valence-electron chi connectivity index (χ0n) is 20.8. The quantitative estimate of drug-likeness (QED) is 0.0879. The van der Waals surface area contributed by atoms with Gasteiger partial charge >= 0.3 is 17.9 Å². The zero-order chi connectivity index (χ0) is 29.4. The van der Waals surface area contributed by atoms with Crippen LogP contribution in [0, 0.1) is 0 Å². The molecular formula is C28H24O12. The van der Waals surface area contributed by atoms with Crippen LogP contribution >= 0.6 is 0 Å². The van der Waals surface area contributed by atoms with Crippen LogP contribution in [-0.2, 0) is 25.5 Å². The standard InChI is InChI=1S/C28H24O12/c1-38-22-7-4-17(12-20(22)31)13-24(27(34)35)39-23-8-3-15(10-21(23)32)5-9-26(33)40-25(28(36)37)14-16-2-6-18(29)19(30)11-16/h2-13,25,29-32H,14H2,1H3,(H,34,35)(H,36,37)/b9-5+,24-13-/t25-/m1/s1. The van der Waals surface area contributed by atoms with Gasteiger partial charge in [0.25, 0.3) is 0 Å². The average Bonchev–Trinajstić information content (AvgIpc) is 2.90. The zero-order valence-corrected chi connectivity index (χ0v) is 20.8. The van der Waals surface area contributed by atoms with Gasteiger partial charge in [0.15, 0.2) is 34.5 Å². The molecule has 12 heteroatoms. The van der Waals surface area contributed by atoms with Crippen LogP contribution in [0.25, 0.3) is 12.2 Å². The van der Waals surface area contributed by atoms with Crippen molar-refractivity contribution in [2.24, 2.45) is 0 Å². The van der Waals surface area contributed by atoms with Crippen LogP contribution in [0.5, 0.6) is 34.5 Å². The van der Waals surface area contributed by atoms with Gasteiger partial charge in [-0.05, 0) is 65.2 Å². The molecular weight excluding hydrogens is 528 g/mol. The van der Waals surface area contributed by atoms with E-state index in [9.17, 15) is 45.0 Å². The number of carbonyl (C=O) groups is 3. The van der Waals surface area contributed by atoms with Gasteiger partial charge in [-0.1, -0.05) is 18.2 Å². The number of phenols is 4. The number of phenolic OH excluding ortho intramolecular Hbond substituents is 4. The maximum absolute atomic E-state index is 12.2. The number of benzene rings is 3. The highest BCUT2D eigenvalue weighted by molar-refractivity contribution is 5.91. The molecule has 208 valence electrons. The fraction of sp³-hybridized carbons (Fsp3) is 0.107. The molecule has 0 aliphatic rings. The van der Waals surface area contributed by atoms with Gasteiger partial charge in [-0.3, -0.25) is 0 Å². The van der Waals surface area contributed by atoms with E-state index < -0.39 is 41.3 Å². The molecule has 40 heavy (non-hydrogen) atoms. The van der Waals surface area contributed by atoms with Gasteiger partial charge in [0.05, 0.1) is 7.11 Å². The molecule has 0 radical (unpaired) electrons. The van der Waals surface area contributed by atoms with E-state index in [2.05, 4.69) is 0 Å². The minimum absolute atomic E-state index is 0.191. The van der Waals surface area contributed by atoms with Crippen molar-refractivity contribution >= 4 is 30.1 Å². The van der Waals surface area contributed by atoms with Gasteiger partial charge in [0.1, 0.15) is 0 Å². The molecule has 0 amide bonds. The normalized spacial score (nSPS) is 12.1. The molecule has 0 unspecified atom stereocenters. The van der Waals surface area contributed by atoms with Crippen molar-refractivity contribution in [1.29, 1.82) is 0 Å². The maximum atomic E-state index is 12.2. The Morgan fingerprint density at radius 2 is 1.45 bits per heavy atom. The van der Waals surface area contributed by atoms with Gasteiger partial charge in [-0.25, -0.2) is 14.4 Å². The summed E-state index contributed by atoms with van der Waals surface area (Å²) in [6.45, 7) is 0.